The molecule has 0 saturated carbocycles. The Hall–Kier alpha value is -0.830. The average molecular weight is 266 g/mol. The third-order valence-electron chi connectivity index (χ3n) is 3.22. The lowest BCUT2D eigenvalue weighted by molar-refractivity contribution is 0.586. The largest absolute Gasteiger partial charge is 0.330 e. The van der Waals surface area contributed by atoms with Gasteiger partial charge in [0.15, 0.2) is 0 Å². The minimum absolute atomic E-state index is 0.377. The summed E-state index contributed by atoms with van der Waals surface area (Å²) in [6.45, 7) is 2.89. The van der Waals surface area contributed by atoms with Crippen LogP contribution >= 0.6 is 22.9 Å². The van der Waals surface area contributed by atoms with Gasteiger partial charge < -0.3 is 5.73 Å². The van der Waals surface area contributed by atoms with E-state index in [1.165, 1.54) is 11.1 Å². The van der Waals surface area contributed by atoms with Crippen molar-refractivity contribution in [3.8, 4) is 0 Å². The molecule has 2 aromatic rings. The van der Waals surface area contributed by atoms with Crippen LogP contribution in [0, 0.1) is 0 Å². The van der Waals surface area contributed by atoms with E-state index in [-0.39, 0.29) is 0 Å². The average Bonchev–Trinajstić information content (AvgIpc) is 2.84. The molecule has 0 saturated heterocycles. The quantitative estimate of drug-likeness (QED) is 0.879. The van der Waals surface area contributed by atoms with Crippen LogP contribution in [0.25, 0.3) is 0 Å². The van der Waals surface area contributed by atoms with Crippen LogP contribution < -0.4 is 5.73 Å². The van der Waals surface area contributed by atoms with Gasteiger partial charge in [-0.1, -0.05) is 30.7 Å². The van der Waals surface area contributed by atoms with E-state index in [1.54, 1.807) is 11.3 Å². The smallest absolute Gasteiger partial charge is 0.0406 e. The van der Waals surface area contributed by atoms with Crippen LogP contribution in [0.5, 0.6) is 0 Å². The zero-order chi connectivity index (χ0) is 12.3. The summed E-state index contributed by atoms with van der Waals surface area (Å²) in [5.74, 6) is 0.786. The molecule has 2 unspecified atom stereocenters. The fourth-order valence-corrected chi connectivity index (χ4v) is 2.96. The van der Waals surface area contributed by atoms with Gasteiger partial charge in [0.2, 0.25) is 0 Å². The first kappa shape index (κ1) is 12.6. The lowest BCUT2D eigenvalue weighted by atomic mass is 9.84. The second kappa shape index (κ2) is 5.67. The Kier molecular flexibility index (Phi) is 4.21. The monoisotopic (exact) mass is 265 g/mol. The minimum atomic E-state index is 0.377. The number of hydrogen-bond acceptors (Lipinski definition) is 2. The van der Waals surface area contributed by atoms with Crippen molar-refractivity contribution in [3.05, 3.63) is 57.2 Å². The molecule has 17 heavy (non-hydrogen) atoms. The van der Waals surface area contributed by atoms with Crippen molar-refractivity contribution in [2.75, 3.05) is 6.54 Å². The van der Waals surface area contributed by atoms with Crippen molar-refractivity contribution in [2.45, 2.75) is 18.8 Å². The van der Waals surface area contributed by atoms with Gasteiger partial charge in [0, 0.05) is 10.9 Å². The molecule has 0 aliphatic carbocycles. The lowest BCUT2D eigenvalue weighted by Gasteiger charge is -2.22. The maximum atomic E-state index is 5.91. The highest BCUT2D eigenvalue weighted by molar-refractivity contribution is 7.08. The summed E-state index contributed by atoms with van der Waals surface area (Å²) >= 11 is 7.63. The Balaban J connectivity index is 2.23. The van der Waals surface area contributed by atoms with Crippen LogP contribution in [0.3, 0.4) is 0 Å². The number of rotatable bonds is 4. The van der Waals surface area contributed by atoms with Crippen LogP contribution in [0.15, 0.2) is 41.1 Å². The first-order valence-corrected chi connectivity index (χ1v) is 7.02. The highest BCUT2D eigenvalue weighted by Gasteiger charge is 2.19. The molecule has 0 fully saturated rings. The molecule has 0 aliphatic heterocycles. The van der Waals surface area contributed by atoms with Gasteiger partial charge in [0.1, 0.15) is 0 Å². The number of thiophene rings is 1. The molecule has 0 amide bonds. The number of benzene rings is 1. The van der Waals surface area contributed by atoms with Crippen LogP contribution in [-0.4, -0.2) is 6.54 Å². The maximum Gasteiger partial charge on any atom is 0.0406 e. The summed E-state index contributed by atoms with van der Waals surface area (Å²) in [4.78, 5) is 0. The summed E-state index contributed by atoms with van der Waals surface area (Å²) < 4.78 is 0. The molecule has 1 heterocycles. The predicted molar refractivity (Wildman–Crippen MR) is 76.0 cm³/mol. The second-order valence-corrected chi connectivity index (χ2v) is 5.46. The van der Waals surface area contributed by atoms with Gasteiger partial charge in [-0.3, -0.25) is 0 Å². The van der Waals surface area contributed by atoms with Crippen molar-refractivity contribution < 1.29 is 0 Å². The highest BCUT2D eigenvalue weighted by atomic mass is 35.5. The molecular formula is C14H16ClNS. The van der Waals surface area contributed by atoms with E-state index in [9.17, 15) is 0 Å². The van der Waals surface area contributed by atoms with Crippen LogP contribution in [-0.2, 0) is 0 Å². The van der Waals surface area contributed by atoms with Crippen molar-refractivity contribution in [1.82, 2.24) is 0 Å². The molecule has 1 aromatic heterocycles. The number of hydrogen-bond donors (Lipinski definition) is 1. The van der Waals surface area contributed by atoms with E-state index in [1.807, 2.05) is 12.1 Å². The Morgan fingerprint density at radius 2 is 1.88 bits per heavy atom. The first-order valence-electron chi connectivity index (χ1n) is 5.70. The summed E-state index contributed by atoms with van der Waals surface area (Å²) in [6.07, 6.45) is 0. The van der Waals surface area contributed by atoms with Crippen molar-refractivity contribution in [1.29, 1.82) is 0 Å². The lowest BCUT2D eigenvalue weighted by Crippen LogP contribution is -2.17. The van der Waals surface area contributed by atoms with Crippen molar-refractivity contribution in [3.63, 3.8) is 0 Å². The third-order valence-corrected chi connectivity index (χ3v) is 4.18. The van der Waals surface area contributed by atoms with E-state index in [0.29, 0.717) is 18.4 Å². The second-order valence-electron chi connectivity index (χ2n) is 4.24. The third kappa shape index (κ3) is 2.89. The molecule has 2 rings (SSSR count). The topological polar surface area (TPSA) is 26.0 Å². The fourth-order valence-electron chi connectivity index (χ4n) is 2.11. The van der Waals surface area contributed by atoms with E-state index in [4.69, 9.17) is 17.3 Å². The predicted octanol–water partition coefficient (Wildman–Crippen LogP) is 4.25. The first-order chi connectivity index (χ1) is 8.22. The molecule has 2 N–H and O–H groups in total. The van der Waals surface area contributed by atoms with E-state index >= 15 is 0 Å². The Morgan fingerprint density at radius 1 is 1.18 bits per heavy atom. The Morgan fingerprint density at radius 3 is 2.41 bits per heavy atom. The number of halogens is 1. The molecule has 0 radical (unpaired) electrons. The van der Waals surface area contributed by atoms with Gasteiger partial charge in [0.25, 0.3) is 0 Å². The van der Waals surface area contributed by atoms with Crippen LogP contribution in [0.4, 0.5) is 0 Å². The molecule has 0 spiro atoms. The van der Waals surface area contributed by atoms with Gasteiger partial charge in [-0.05, 0) is 52.5 Å². The molecule has 0 aliphatic rings. The SMILES string of the molecule is CC(c1ccc(Cl)cc1)C(CN)c1ccsc1. The number of nitrogens with two attached hydrogens (primary N) is 1. The highest BCUT2D eigenvalue weighted by Crippen LogP contribution is 2.33. The van der Waals surface area contributed by atoms with Gasteiger partial charge in [0.05, 0.1) is 0 Å². The van der Waals surface area contributed by atoms with Gasteiger partial charge in [-0.25, -0.2) is 0 Å². The molecular weight excluding hydrogens is 250 g/mol. The molecule has 3 heteroatoms. The van der Waals surface area contributed by atoms with Gasteiger partial charge in [-0.15, -0.1) is 0 Å². The summed E-state index contributed by atoms with van der Waals surface area (Å²) in [5, 5.41) is 5.07. The molecule has 1 nitrogen and oxygen atoms in total. The van der Waals surface area contributed by atoms with Gasteiger partial charge >= 0.3 is 0 Å². The Bertz CT molecular complexity index is 450. The summed E-state index contributed by atoms with van der Waals surface area (Å²) in [6, 6.07) is 10.2. The summed E-state index contributed by atoms with van der Waals surface area (Å²) in [7, 11) is 0. The molecule has 0 bridgehead atoms. The van der Waals surface area contributed by atoms with E-state index < -0.39 is 0 Å². The maximum absolute atomic E-state index is 5.91. The fraction of sp³-hybridized carbons (Fsp3) is 0.286. The Labute approximate surface area is 111 Å². The van der Waals surface area contributed by atoms with Crippen molar-refractivity contribution >= 4 is 22.9 Å². The van der Waals surface area contributed by atoms with E-state index in [2.05, 4.69) is 35.9 Å². The standard InChI is InChI=1S/C14H16ClNS/c1-10(11-2-4-13(15)5-3-11)14(8-16)12-6-7-17-9-12/h2-7,9-10,14H,8,16H2,1H3. The zero-order valence-electron chi connectivity index (χ0n) is 9.77. The molecule has 2 atom stereocenters. The summed E-state index contributed by atoms with van der Waals surface area (Å²) in [5.41, 5.74) is 8.53. The van der Waals surface area contributed by atoms with Crippen LogP contribution in [0.1, 0.15) is 29.9 Å². The molecule has 1 aromatic carbocycles. The van der Waals surface area contributed by atoms with Gasteiger partial charge in [-0.2, -0.15) is 11.3 Å². The molecule has 90 valence electrons. The minimum Gasteiger partial charge on any atom is -0.330 e. The zero-order valence-corrected chi connectivity index (χ0v) is 11.3. The van der Waals surface area contributed by atoms with E-state index in [0.717, 1.165) is 5.02 Å². The normalized spacial score (nSPS) is 14.5. The van der Waals surface area contributed by atoms with Crippen LogP contribution in [0.2, 0.25) is 5.02 Å². The van der Waals surface area contributed by atoms with Crippen molar-refractivity contribution in [2.24, 2.45) is 5.73 Å².